The highest BCUT2D eigenvalue weighted by molar-refractivity contribution is 5.70. The van der Waals surface area contributed by atoms with Crippen LogP contribution in [0, 0.1) is 0 Å². The second-order valence-electron chi connectivity index (χ2n) is 8.12. The van der Waals surface area contributed by atoms with Gasteiger partial charge >= 0.3 is 11.9 Å². The summed E-state index contributed by atoms with van der Waals surface area (Å²) >= 11 is 0. The van der Waals surface area contributed by atoms with E-state index in [4.69, 9.17) is 28.4 Å². The largest absolute Gasteiger partial charge is 0.460 e. The molecule has 0 rings (SSSR count). The van der Waals surface area contributed by atoms with Gasteiger partial charge in [-0.25, -0.2) is 0 Å². The average Bonchev–Trinajstić information content (AvgIpc) is 2.51. The molecular weight excluding hydrogens is 368 g/mol. The highest BCUT2D eigenvalue weighted by Gasteiger charge is 2.16. The minimum Gasteiger partial charge on any atom is -0.460 e. The fraction of sp³-hybridized carbons (Fsp3) is 0.900. The molecule has 0 aromatic carbocycles. The zero-order valence-corrected chi connectivity index (χ0v) is 18.3. The molecule has 28 heavy (non-hydrogen) atoms. The first-order valence-corrected chi connectivity index (χ1v) is 9.74. The summed E-state index contributed by atoms with van der Waals surface area (Å²) in [4.78, 5) is 22.9. The van der Waals surface area contributed by atoms with Gasteiger partial charge in [-0.2, -0.15) is 0 Å². The first-order valence-electron chi connectivity index (χ1n) is 9.74. The van der Waals surface area contributed by atoms with Gasteiger partial charge in [0.2, 0.25) is 0 Å². The van der Waals surface area contributed by atoms with Gasteiger partial charge in [0.15, 0.2) is 0 Å². The van der Waals surface area contributed by atoms with Gasteiger partial charge in [0, 0.05) is 0 Å². The van der Waals surface area contributed by atoms with Crippen molar-refractivity contribution in [3.05, 3.63) is 0 Å². The Balaban J connectivity index is 3.28. The van der Waals surface area contributed by atoms with Crippen LogP contribution in [-0.4, -0.2) is 76.0 Å². The zero-order chi connectivity index (χ0) is 21.5. The van der Waals surface area contributed by atoms with Gasteiger partial charge in [0.25, 0.3) is 0 Å². The highest BCUT2D eigenvalue weighted by Crippen LogP contribution is 2.08. The molecule has 0 aliphatic carbocycles. The maximum atomic E-state index is 11.5. The van der Waals surface area contributed by atoms with Gasteiger partial charge in [-0.15, -0.1) is 0 Å². The van der Waals surface area contributed by atoms with Crippen molar-refractivity contribution < 1.29 is 38.0 Å². The molecule has 0 radical (unpaired) electrons. The quantitative estimate of drug-likeness (QED) is 0.303. The average molecular weight is 407 g/mol. The predicted molar refractivity (Wildman–Crippen MR) is 104 cm³/mol. The number of esters is 2. The van der Waals surface area contributed by atoms with Crippen molar-refractivity contribution in [1.29, 1.82) is 0 Å². The maximum absolute atomic E-state index is 11.5. The van der Waals surface area contributed by atoms with Crippen LogP contribution < -0.4 is 0 Å². The molecule has 0 spiro atoms. The molecule has 8 heteroatoms. The summed E-state index contributed by atoms with van der Waals surface area (Å²) in [6.07, 6.45) is 0.461. The Morgan fingerprint density at radius 3 is 1.00 bits per heavy atom. The smallest absolute Gasteiger partial charge is 0.308 e. The number of carbonyl (C=O) groups excluding carboxylic acids is 2. The molecule has 0 fully saturated rings. The lowest BCUT2D eigenvalue weighted by atomic mass is 10.2. The summed E-state index contributed by atoms with van der Waals surface area (Å²) in [5.41, 5.74) is -0.938. The molecule has 0 aromatic heterocycles. The third-order valence-corrected chi connectivity index (χ3v) is 2.86. The van der Waals surface area contributed by atoms with Crippen LogP contribution in [0.1, 0.15) is 54.4 Å². The van der Waals surface area contributed by atoms with Crippen LogP contribution in [0.15, 0.2) is 0 Å². The molecule has 0 aliphatic heterocycles. The Bertz CT molecular complexity index is 383. The van der Waals surface area contributed by atoms with Crippen molar-refractivity contribution in [1.82, 2.24) is 0 Å². The molecule has 0 heterocycles. The van der Waals surface area contributed by atoms with Crippen LogP contribution in [0.2, 0.25) is 0 Å². The van der Waals surface area contributed by atoms with Crippen molar-refractivity contribution in [3.8, 4) is 0 Å². The summed E-state index contributed by atoms with van der Waals surface area (Å²) in [6.45, 7) is 14.2. The second kappa shape index (κ2) is 14.7. The Labute approximate surface area is 169 Å². The number of hydrogen-bond acceptors (Lipinski definition) is 8. The lowest BCUT2D eigenvalue weighted by molar-refractivity contribution is -0.157. The van der Waals surface area contributed by atoms with E-state index in [1.807, 2.05) is 41.5 Å². The summed E-state index contributed by atoms with van der Waals surface area (Å²) < 4.78 is 31.7. The third kappa shape index (κ3) is 21.1. The molecule has 0 N–H and O–H groups in total. The molecule has 0 saturated heterocycles. The lowest BCUT2D eigenvalue weighted by Crippen LogP contribution is -2.24. The van der Waals surface area contributed by atoms with E-state index in [2.05, 4.69) is 0 Å². The van der Waals surface area contributed by atoms with Crippen molar-refractivity contribution in [2.45, 2.75) is 65.6 Å². The van der Waals surface area contributed by atoms with Crippen molar-refractivity contribution in [2.75, 3.05) is 52.9 Å². The van der Waals surface area contributed by atoms with Crippen molar-refractivity contribution >= 4 is 11.9 Å². The Morgan fingerprint density at radius 2 is 0.750 bits per heavy atom. The fourth-order valence-corrected chi connectivity index (χ4v) is 1.86. The number of rotatable bonds is 15. The molecular formula is C20H38O8. The van der Waals surface area contributed by atoms with Crippen LogP contribution in [0.4, 0.5) is 0 Å². The van der Waals surface area contributed by atoms with Crippen LogP contribution in [-0.2, 0) is 38.0 Å². The van der Waals surface area contributed by atoms with E-state index >= 15 is 0 Å². The van der Waals surface area contributed by atoms with E-state index in [9.17, 15) is 9.59 Å². The minimum atomic E-state index is -0.469. The van der Waals surface area contributed by atoms with Crippen LogP contribution >= 0.6 is 0 Å². The molecule has 0 amide bonds. The van der Waals surface area contributed by atoms with Crippen LogP contribution in [0.5, 0.6) is 0 Å². The van der Waals surface area contributed by atoms with Gasteiger partial charge in [0.05, 0.1) is 65.7 Å². The van der Waals surface area contributed by atoms with Gasteiger partial charge in [-0.05, 0) is 41.5 Å². The van der Waals surface area contributed by atoms with Crippen molar-refractivity contribution in [3.63, 3.8) is 0 Å². The van der Waals surface area contributed by atoms with E-state index < -0.39 is 11.2 Å². The standard InChI is InChI=1S/C20H38O8/c1-19(2,3)27-17(21)7-9-23-11-13-25-15-16-26-14-12-24-10-8-18(22)28-20(4,5)6/h7-16H2,1-6H3. The van der Waals surface area contributed by atoms with Gasteiger partial charge in [-0.1, -0.05) is 0 Å². The normalized spacial score (nSPS) is 12.1. The monoisotopic (exact) mass is 406 g/mol. The Hall–Kier alpha value is -1.22. The Morgan fingerprint density at radius 1 is 0.500 bits per heavy atom. The molecule has 166 valence electrons. The molecule has 0 aliphatic rings. The SMILES string of the molecule is CC(C)(C)OC(=O)CCOCCOCCOCCOCCC(=O)OC(C)(C)C. The third-order valence-electron chi connectivity index (χ3n) is 2.86. The van der Waals surface area contributed by atoms with E-state index in [1.165, 1.54) is 0 Å². The number of carbonyl (C=O) groups is 2. The van der Waals surface area contributed by atoms with Crippen LogP contribution in [0.3, 0.4) is 0 Å². The zero-order valence-electron chi connectivity index (χ0n) is 18.3. The predicted octanol–water partition coefficient (Wildman–Crippen LogP) is 2.52. The first kappa shape index (κ1) is 26.8. The summed E-state index contributed by atoms with van der Waals surface area (Å²) in [5, 5.41) is 0. The first-order chi connectivity index (χ1) is 13.0. The lowest BCUT2D eigenvalue weighted by Gasteiger charge is -2.19. The summed E-state index contributed by atoms with van der Waals surface area (Å²) in [6, 6.07) is 0. The number of hydrogen-bond donors (Lipinski definition) is 0. The van der Waals surface area contributed by atoms with Crippen LogP contribution in [0.25, 0.3) is 0 Å². The Kier molecular flexibility index (Phi) is 14.1. The number of ether oxygens (including phenoxy) is 6. The van der Waals surface area contributed by atoms with Crippen molar-refractivity contribution in [2.24, 2.45) is 0 Å². The topological polar surface area (TPSA) is 89.5 Å². The van der Waals surface area contributed by atoms with E-state index in [0.29, 0.717) is 52.9 Å². The molecule has 0 bridgehead atoms. The fourth-order valence-electron chi connectivity index (χ4n) is 1.86. The van der Waals surface area contributed by atoms with Gasteiger partial charge in [-0.3, -0.25) is 9.59 Å². The second-order valence-corrected chi connectivity index (χ2v) is 8.12. The molecule has 0 unspecified atom stereocenters. The summed E-state index contributed by atoms with van der Waals surface area (Å²) in [5.74, 6) is -0.537. The minimum absolute atomic E-state index is 0.230. The molecule has 8 nitrogen and oxygen atoms in total. The van der Waals surface area contributed by atoms with E-state index in [1.54, 1.807) is 0 Å². The van der Waals surface area contributed by atoms with E-state index in [0.717, 1.165) is 0 Å². The summed E-state index contributed by atoms with van der Waals surface area (Å²) in [7, 11) is 0. The van der Waals surface area contributed by atoms with Gasteiger partial charge in [0.1, 0.15) is 11.2 Å². The van der Waals surface area contributed by atoms with Gasteiger partial charge < -0.3 is 28.4 Å². The molecule has 0 atom stereocenters. The van der Waals surface area contributed by atoms with E-state index in [-0.39, 0.29) is 24.8 Å². The maximum Gasteiger partial charge on any atom is 0.308 e. The highest BCUT2D eigenvalue weighted by atomic mass is 16.6. The molecule has 0 aromatic rings. The molecule has 0 saturated carbocycles.